The first-order chi connectivity index (χ1) is 19.8. The number of ether oxygens (including phenoxy) is 2. The monoisotopic (exact) mass is 549 g/mol. The van der Waals surface area contributed by atoms with Crippen LogP contribution in [0.5, 0.6) is 11.5 Å². The predicted octanol–water partition coefficient (Wildman–Crippen LogP) is 5.76. The number of benzene rings is 3. The number of carbonyl (C=O) groups is 3. The zero-order valence-electron chi connectivity index (χ0n) is 22.7. The molecule has 0 atom stereocenters. The first-order valence-corrected chi connectivity index (χ1v) is 12.5. The summed E-state index contributed by atoms with van der Waals surface area (Å²) >= 11 is 0. The summed E-state index contributed by atoms with van der Waals surface area (Å²) in [5, 5.41) is 9.10. The van der Waals surface area contributed by atoms with E-state index in [0.717, 1.165) is 34.1 Å². The molecule has 1 N–H and O–H groups in total. The van der Waals surface area contributed by atoms with Crippen molar-refractivity contribution in [3.63, 3.8) is 0 Å². The molecule has 0 saturated heterocycles. The normalized spacial score (nSPS) is 14.4. The molecule has 4 rings (SSSR count). The molecule has 0 radical (unpaired) electrons. The molecule has 0 unspecified atom stereocenters. The van der Waals surface area contributed by atoms with E-state index in [1.54, 1.807) is 26.4 Å². The molecule has 1 aliphatic heterocycles. The van der Waals surface area contributed by atoms with Gasteiger partial charge in [0.15, 0.2) is 0 Å². The predicted molar refractivity (Wildman–Crippen MR) is 155 cm³/mol. The number of hydrogen-bond donors (Lipinski definition) is 1. The molecule has 0 aliphatic carbocycles. The molecular formula is C32H27N3O6. The standard InChI is InChI=1S/C32H27N3O6/c1-21-28(31(38)34(20-29(36)37)32(39)30(21)33-2)7-5-6-22-8-10-23(11-9-22)35(24-12-16-26(40-3)17-13-24)25-14-18-27(41-4)19-15-25/h5-19H,20H2,1,3-4H3,(H,36,37)/b6-5+,28-7-. The van der Waals surface area contributed by atoms with Crippen LogP contribution in [0.3, 0.4) is 0 Å². The number of imide groups is 1. The van der Waals surface area contributed by atoms with E-state index in [1.807, 2.05) is 72.8 Å². The highest BCUT2D eigenvalue weighted by atomic mass is 16.5. The first kappa shape index (κ1) is 28.4. The summed E-state index contributed by atoms with van der Waals surface area (Å²) in [5.74, 6) is -1.50. The quantitative estimate of drug-likeness (QED) is 0.206. The van der Waals surface area contributed by atoms with Crippen LogP contribution in [0.1, 0.15) is 12.5 Å². The number of allylic oxidation sites excluding steroid dienone is 2. The van der Waals surface area contributed by atoms with Crippen molar-refractivity contribution in [2.24, 2.45) is 0 Å². The number of nitrogens with zero attached hydrogens (tertiary/aromatic N) is 3. The van der Waals surface area contributed by atoms with Crippen LogP contribution in [0.25, 0.3) is 10.9 Å². The molecule has 206 valence electrons. The molecule has 3 aromatic rings. The maximum Gasteiger partial charge on any atom is 0.323 e. The minimum Gasteiger partial charge on any atom is -0.497 e. The van der Waals surface area contributed by atoms with Crippen LogP contribution in [0.15, 0.2) is 102 Å². The van der Waals surface area contributed by atoms with Gasteiger partial charge in [0.2, 0.25) is 0 Å². The van der Waals surface area contributed by atoms with Gasteiger partial charge in [0.1, 0.15) is 18.0 Å². The molecule has 0 spiro atoms. The van der Waals surface area contributed by atoms with Crippen molar-refractivity contribution in [2.45, 2.75) is 6.92 Å². The van der Waals surface area contributed by atoms with Crippen molar-refractivity contribution < 1.29 is 29.0 Å². The maximum absolute atomic E-state index is 12.8. The second-order valence-corrected chi connectivity index (χ2v) is 8.94. The highest BCUT2D eigenvalue weighted by Crippen LogP contribution is 2.36. The van der Waals surface area contributed by atoms with Crippen molar-refractivity contribution in [2.75, 3.05) is 25.7 Å². The van der Waals surface area contributed by atoms with Crippen LogP contribution in [0.2, 0.25) is 0 Å². The second kappa shape index (κ2) is 12.5. The van der Waals surface area contributed by atoms with Crippen molar-refractivity contribution in [1.29, 1.82) is 0 Å². The summed E-state index contributed by atoms with van der Waals surface area (Å²) in [7, 11) is 3.24. The van der Waals surface area contributed by atoms with E-state index in [1.165, 1.54) is 13.0 Å². The van der Waals surface area contributed by atoms with Gasteiger partial charge < -0.3 is 19.5 Å². The van der Waals surface area contributed by atoms with Gasteiger partial charge in [0.25, 0.3) is 17.5 Å². The molecule has 1 heterocycles. The van der Waals surface area contributed by atoms with Gasteiger partial charge >= 0.3 is 5.97 Å². The molecule has 9 heteroatoms. The minimum atomic E-state index is -1.34. The lowest BCUT2D eigenvalue weighted by Crippen LogP contribution is -2.45. The zero-order valence-corrected chi connectivity index (χ0v) is 22.7. The van der Waals surface area contributed by atoms with Gasteiger partial charge in [-0.05, 0) is 78.7 Å². The number of carbonyl (C=O) groups excluding carboxylic acids is 2. The second-order valence-electron chi connectivity index (χ2n) is 8.94. The Labute approximate surface area is 237 Å². The van der Waals surface area contributed by atoms with Crippen LogP contribution in [-0.4, -0.2) is 48.6 Å². The van der Waals surface area contributed by atoms with Gasteiger partial charge in [-0.25, -0.2) is 4.85 Å². The third-order valence-corrected chi connectivity index (χ3v) is 6.45. The lowest BCUT2D eigenvalue weighted by atomic mass is 9.98. The summed E-state index contributed by atoms with van der Waals surface area (Å²) in [4.78, 5) is 42.3. The van der Waals surface area contributed by atoms with Crippen LogP contribution in [0.4, 0.5) is 17.1 Å². The molecule has 0 saturated carbocycles. The Balaban J connectivity index is 1.63. The summed E-state index contributed by atoms with van der Waals surface area (Å²) in [6.07, 6.45) is 4.89. The van der Waals surface area contributed by atoms with Crippen LogP contribution >= 0.6 is 0 Å². The lowest BCUT2D eigenvalue weighted by Gasteiger charge is -2.26. The molecule has 3 aromatic carbocycles. The summed E-state index contributed by atoms with van der Waals surface area (Å²) < 4.78 is 10.6. The van der Waals surface area contributed by atoms with Gasteiger partial charge in [0, 0.05) is 22.6 Å². The van der Waals surface area contributed by atoms with Crippen LogP contribution in [0, 0.1) is 6.57 Å². The van der Waals surface area contributed by atoms with Crippen molar-refractivity contribution in [3.05, 3.63) is 119 Å². The summed E-state index contributed by atoms with van der Waals surface area (Å²) in [6.45, 7) is 8.01. The van der Waals surface area contributed by atoms with Gasteiger partial charge in [-0.15, -0.1) is 0 Å². The van der Waals surface area contributed by atoms with Crippen LogP contribution in [-0.2, 0) is 14.4 Å². The fourth-order valence-electron chi connectivity index (χ4n) is 4.32. The Morgan fingerprint density at radius 1 is 0.878 bits per heavy atom. The smallest absolute Gasteiger partial charge is 0.323 e. The molecule has 41 heavy (non-hydrogen) atoms. The SMILES string of the molecule is [C-]#[N+]C1=C(C)/C(=C/C=C/c2ccc(N(c3ccc(OC)cc3)c3ccc(OC)cc3)cc2)C(=O)N(CC(=O)O)C1=O. The number of carboxylic acids is 1. The highest BCUT2D eigenvalue weighted by Gasteiger charge is 2.36. The number of anilines is 3. The largest absolute Gasteiger partial charge is 0.497 e. The molecular weight excluding hydrogens is 522 g/mol. The number of methoxy groups -OCH3 is 2. The van der Waals surface area contributed by atoms with Crippen molar-refractivity contribution in [1.82, 2.24) is 4.90 Å². The third-order valence-electron chi connectivity index (χ3n) is 6.45. The average molecular weight is 550 g/mol. The molecule has 1 aliphatic rings. The summed E-state index contributed by atoms with van der Waals surface area (Å²) in [6, 6.07) is 23.2. The van der Waals surface area contributed by atoms with Gasteiger partial charge in [-0.2, -0.15) is 0 Å². The topological polar surface area (TPSA) is 101 Å². The van der Waals surface area contributed by atoms with E-state index < -0.39 is 24.3 Å². The van der Waals surface area contributed by atoms with Crippen molar-refractivity contribution >= 4 is 40.9 Å². The number of carboxylic acid groups (broad SMARTS) is 1. The average Bonchev–Trinajstić information content (AvgIpc) is 2.99. The van der Waals surface area contributed by atoms with E-state index in [0.29, 0.717) is 4.90 Å². The summed E-state index contributed by atoms with van der Waals surface area (Å²) in [5.41, 5.74) is 3.63. The van der Waals surface area contributed by atoms with E-state index in [9.17, 15) is 14.4 Å². The Kier molecular flexibility index (Phi) is 8.65. The Morgan fingerprint density at radius 2 is 1.37 bits per heavy atom. The third kappa shape index (κ3) is 6.18. The van der Waals surface area contributed by atoms with Gasteiger partial charge in [0.05, 0.1) is 20.8 Å². The highest BCUT2D eigenvalue weighted by molar-refractivity contribution is 6.18. The number of rotatable bonds is 9. The fraction of sp³-hybridized carbons (Fsp3) is 0.125. The fourth-order valence-corrected chi connectivity index (χ4v) is 4.32. The molecule has 0 bridgehead atoms. The number of amides is 2. The van der Waals surface area contributed by atoms with Gasteiger partial charge in [-0.1, -0.05) is 30.4 Å². The molecule has 9 nitrogen and oxygen atoms in total. The van der Waals surface area contributed by atoms with E-state index in [4.69, 9.17) is 21.2 Å². The van der Waals surface area contributed by atoms with E-state index in [2.05, 4.69) is 9.74 Å². The Hall–Kier alpha value is -5.62. The number of hydrogen-bond acceptors (Lipinski definition) is 6. The first-order valence-electron chi connectivity index (χ1n) is 12.5. The van der Waals surface area contributed by atoms with Gasteiger partial charge in [-0.3, -0.25) is 19.3 Å². The molecule has 0 aromatic heterocycles. The zero-order chi connectivity index (χ0) is 29.5. The Morgan fingerprint density at radius 3 is 1.80 bits per heavy atom. The maximum atomic E-state index is 12.8. The minimum absolute atomic E-state index is 0.0925. The number of aliphatic carboxylic acids is 1. The lowest BCUT2D eigenvalue weighted by molar-refractivity contribution is -0.149. The van der Waals surface area contributed by atoms with E-state index >= 15 is 0 Å². The van der Waals surface area contributed by atoms with Crippen molar-refractivity contribution in [3.8, 4) is 11.5 Å². The Bertz CT molecular complexity index is 1550. The van der Waals surface area contributed by atoms with Crippen LogP contribution < -0.4 is 14.4 Å². The van der Waals surface area contributed by atoms with E-state index in [-0.39, 0.29) is 16.8 Å². The molecule has 0 fully saturated rings. The molecule has 2 amide bonds.